The van der Waals surface area contributed by atoms with Gasteiger partial charge < -0.3 is 9.88 Å². The Morgan fingerprint density at radius 2 is 1.90 bits per heavy atom. The Bertz CT molecular complexity index is 674. The molecule has 0 bridgehead atoms. The summed E-state index contributed by atoms with van der Waals surface area (Å²) in [6.07, 6.45) is 2.79. The van der Waals surface area contributed by atoms with Crippen LogP contribution in [0.4, 0.5) is 0 Å². The van der Waals surface area contributed by atoms with Crippen LogP contribution in [0.25, 0.3) is 10.9 Å². The highest BCUT2D eigenvalue weighted by Gasteiger charge is 2.13. The first-order valence-corrected chi connectivity index (χ1v) is 6.33. The lowest BCUT2D eigenvalue weighted by Gasteiger charge is -2.15. The number of hydrogen-bond acceptors (Lipinski definition) is 3. The number of H-pyrrole nitrogens is 1. The molecule has 20 heavy (non-hydrogen) atoms. The van der Waals surface area contributed by atoms with E-state index < -0.39 is 0 Å². The number of aromatic amines is 1. The van der Waals surface area contributed by atoms with Crippen LogP contribution in [0.1, 0.15) is 12.0 Å². The lowest BCUT2D eigenvalue weighted by atomic mass is 10.1. The second-order valence-corrected chi connectivity index (χ2v) is 4.43. The number of rotatable bonds is 5. The van der Waals surface area contributed by atoms with Crippen molar-refractivity contribution in [1.82, 2.24) is 9.88 Å². The lowest BCUT2D eigenvalue weighted by Crippen LogP contribution is -2.31. The normalized spacial score (nSPS) is 9.90. The number of para-hydroxylation sites is 1. The highest BCUT2D eigenvalue weighted by molar-refractivity contribution is 5.84. The molecule has 0 fully saturated rings. The zero-order valence-electron chi connectivity index (χ0n) is 11.0. The summed E-state index contributed by atoms with van der Waals surface area (Å²) >= 11 is 0. The average Bonchev–Trinajstić information content (AvgIpc) is 2.88. The van der Waals surface area contributed by atoms with Gasteiger partial charge in [-0.1, -0.05) is 18.2 Å². The second kappa shape index (κ2) is 6.40. The number of nitriles is 2. The smallest absolute Gasteiger partial charge is 0.224 e. The van der Waals surface area contributed by atoms with E-state index in [2.05, 4.69) is 4.98 Å². The fraction of sp³-hybridized carbons (Fsp3) is 0.267. The first kappa shape index (κ1) is 13.6. The number of aromatic nitrogens is 1. The molecular formula is C15H14N4O. The van der Waals surface area contributed by atoms with Gasteiger partial charge in [0.15, 0.2) is 0 Å². The first-order chi connectivity index (χ1) is 9.76. The minimum atomic E-state index is -0.168. The fourth-order valence-electron chi connectivity index (χ4n) is 2.14. The molecule has 0 saturated carbocycles. The second-order valence-electron chi connectivity index (χ2n) is 4.43. The average molecular weight is 266 g/mol. The number of amides is 1. The maximum Gasteiger partial charge on any atom is 0.224 e. The van der Waals surface area contributed by atoms with Crippen molar-refractivity contribution in [3.8, 4) is 12.1 Å². The van der Waals surface area contributed by atoms with E-state index in [1.165, 1.54) is 4.90 Å². The van der Waals surface area contributed by atoms with Crippen LogP contribution in [0.5, 0.6) is 0 Å². The van der Waals surface area contributed by atoms with E-state index in [0.29, 0.717) is 12.8 Å². The molecule has 2 aromatic rings. The Labute approximate surface area is 117 Å². The molecule has 0 unspecified atom stereocenters. The number of benzene rings is 1. The van der Waals surface area contributed by atoms with Crippen molar-refractivity contribution in [2.75, 3.05) is 13.1 Å². The number of hydrogen-bond donors (Lipinski definition) is 1. The monoisotopic (exact) mass is 266 g/mol. The van der Waals surface area contributed by atoms with Crippen LogP contribution in [0, 0.1) is 22.7 Å². The van der Waals surface area contributed by atoms with E-state index in [9.17, 15) is 4.79 Å². The number of fused-ring (bicyclic) bond motifs is 1. The number of aryl methyl sites for hydroxylation is 1. The van der Waals surface area contributed by atoms with Gasteiger partial charge in [0.1, 0.15) is 13.1 Å². The summed E-state index contributed by atoms with van der Waals surface area (Å²) < 4.78 is 0. The Morgan fingerprint density at radius 1 is 1.20 bits per heavy atom. The van der Waals surface area contributed by atoms with Crippen LogP contribution >= 0.6 is 0 Å². The Morgan fingerprint density at radius 3 is 2.60 bits per heavy atom. The molecule has 0 radical (unpaired) electrons. The van der Waals surface area contributed by atoms with E-state index in [4.69, 9.17) is 10.5 Å². The summed E-state index contributed by atoms with van der Waals surface area (Å²) in [5.74, 6) is -0.168. The molecule has 1 heterocycles. The predicted molar refractivity (Wildman–Crippen MR) is 74.4 cm³/mol. The topological polar surface area (TPSA) is 83.7 Å². The fourth-order valence-corrected chi connectivity index (χ4v) is 2.14. The summed E-state index contributed by atoms with van der Waals surface area (Å²) in [4.78, 5) is 16.4. The minimum Gasteiger partial charge on any atom is -0.361 e. The standard InChI is InChI=1S/C15H14N4O/c16-7-9-19(10-8-17)15(20)6-5-12-11-18-14-4-2-1-3-13(12)14/h1-4,11,18H,5-6,9-10H2. The summed E-state index contributed by atoms with van der Waals surface area (Å²) in [6, 6.07) is 11.7. The van der Waals surface area contributed by atoms with Gasteiger partial charge in [-0.2, -0.15) is 10.5 Å². The van der Waals surface area contributed by atoms with Crippen molar-refractivity contribution in [2.45, 2.75) is 12.8 Å². The van der Waals surface area contributed by atoms with Gasteiger partial charge in [-0.25, -0.2) is 0 Å². The third-order valence-electron chi connectivity index (χ3n) is 3.16. The highest BCUT2D eigenvalue weighted by atomic mass is 16.2. The van der Waals surface area contributed by atoms with E-state index >= 15 is 0 Å². The van der Waals surface area contributed by atoms with Gasteiger partial charge in [-0.15, -0.1) is 0 Å². The first-order valence-electron chi connectivity index (χ1n) is 6.33. The van der Waals surface area contributed by atoms with E-state index in [1.54, 1.807) is 0 Å². The summed E-state index contributed by atoms with van der Waals surface area (Å²) in [7, 11) is 0. The van der Waals surface area contributed by atoms with Crippen molar-refractivity contribution in [3.63, 3.8) is 0 Å². The largest absolute Gasteiger partial charge is 0.361 e. The molecule has 0 spiro atoms. The lowest BCUT2D eigenvalue weighted by molar-refractivity contribution is -0.129. The van der Waals surface area contributed by atoms with Crippen LogP contribution in [0.2, 0.25) is 0 Å². The van der Waals surface area contributed by atoms with E-state index in [0.717, 1.165) is 16.5 Å². The van der Waals surface area contributed by atoms with Crippen LogP contribution in [0.3, 0.4) is 0 Å². The molecule has 1 amide bonds. The van der Waals surface area contributed by atoms with Gasteiger partial charge in [-0.05, 0) is 18.1 Å². The number of nitrogens with zero attached hydrogens (tertiary/aromatic N) is 3. The quantitative estimate of drug-likeness (QED) is 0.840. The molecular weight excluding hydrogens is 252 g/mol. The summed E-state index contributed by atoms with van der Waals surface area (Å²) in [5.41, 5.74) is 2.11. The number of carbonyl (C=O) groups is 1. The predicted octanol–water partition coefficient (Wildman–Crippen LogP) is 1.98. The van der Waals surface area contributed by atoms with E-state index in [1.807, 2.05) is 42.6 Å². The molecule has 1 N–H and O–H groups in total. The zero-order chi connectivity index (χ0) is 14.4. The highest BCUT2D eigenvalue weighted by Crippen LogP contribution is 2.19. The molecule has 0 aliphatic heterocycles. The molecule has 0 aliphatic rings. The molecule has 5 heteroatoms. The molecule has 0 saturated heterocycles. The number of carbonyl (C=O) groups excluding carboxylic acids is 1. The molecule has 1 aromatic heterocycles. The van der Waals surface area contributed by atoms with E-state index in [-0.39, 0.29) is 19.0 Å². The van der Waals surface area contributed by atoms with Gasteiger partial charge in [0.25, 0.3) is 0 Å². The molecule has 0 atom stereocenters. The maximum absolute atomic E-state index is 12.0. The molecule has 1 aromatic carbocycles. The number of nitrogens with one attached hydrogen (secondary N) is 1. The SMILES string of the molecule is N#CCN(CC#N)C(=O)CCc1c[nH]c2ccccc12. The minimum absolute atomic E-state index is 0.0414. The van der Waals surface area contributed by atoms with Crippen molar-refractivity contribution in [1.29, 1.82) is 10.5 Å². The van der Waals surface area contributed by atoms with Crippen molar-refractivity contribution in [2.24, 2.45) is 0 Å². The van der Waals surface area contributed by atoms with Gasteiger partial charge in [0.05, 0.1) is 12.1 Å². The maximum atomic E-state index is 12.0. The Hall–Kier alpha value is -2.79. The third kappa shape index (κ3) is 2.96. The van der Waals surface area contributed by atoms with Crippen molar-refractivity contribution in [3.05, 3.63) is 36.0 Å². The summed E-state index contributed by atoms with van der Waals surface area (Å²) in [6.45, 7) is -0.0828. The third-order valence-corrected chi connectivity index (χ3v) is 3.16. The Balaban J connectivity index is 2.03. The molecule has 100 valence electrons. The van der Waals surface area contributed by atoms with Crippen molar-refractivity contribution < 1.29 is 4.79 Å². The molecule has 2 rings (SSSR count). The van der Waals surface area contributed by atoms with Gasteiger partial charge in [0.2, 0.25) is 5.91 Å². The molecule has 5 nitrogen and oxygen atoms in total. The van der Waals surface area contributed by atoms with Gasteiger partial charge in [0, 0.05) is 23.5 Å². The Kier molecular flexibility index (Phi) is 4.36. The zero-order valence-corrected chi connectivity index (χ0v) is 11.0. The molecule has 0 aliphatic carbocycles. The van der Waals surface area contributed by atoms with Crippen LogP contribution in [-0.2, 0) is 11.2 Å². The summed E-state index contributed by atoms with van der Waals surface area (Å²) in [5, 5.41) is 18.4. The van der Waals surface area contributed by atoms with Crippen molar-refractivity contribution >= 4 is 16.8 Å². The van der Waals surface area contributed by atoms with Gasteiger partial charge in [-0.3, -0.25) is 4.79 Å². The van der Waals surface area contributed by atoms with Crippen LogP contribution in [0.15, 0.2) is 30.5 Å². The van der Waals surface area contributed by atoms with Crippen LogP contribution in [-0.4, -0.2) is 28.9 Å². The van der Waals surface area contributed by atoms with Crippen LogP contribution < -0.4 is 0 Å². The van der Waals surface area contributed by atoms with Gasteiger partial charge >= 0.3 is 0 Å².